The van der Waals surface area contributed by atoms with Crippen LogP contribution in [0.15, 0.2) is 60.2 Å². The van der Waals surface area contributed by atoms with E-state index < -0.39 is 34.1 Å². The summed E-state index contributed by atoms with van der Waals surface area (Å²) >= 11 is 0. The maximum Gasteiger partial charge on any atom is 0.422 e. The second-order valence-electron chi connectivity index (χ2n) is 5.73. The third-order valence-electron chi connectivity index (χ3n) is 4.00. The standard InChI is InChI=1S/C18H11F3N2O4/c19-18(20,21)15-14(12-6-8-13(9-7-12)23(26)27)16(24)22(17(15)25)10-11-4-2-1-3-5-11/h1-9H,10H2. The lowest BCUT2D eigenvalue weighted by atomic mass is 10.0. The van der Waals surface area contributed by atoms with E-state index >= 15 is 0 Å². The average molecular weight is 376 g/mol. The molecule has 9 heteroatoms. The fraction of sp³-hybridized carbons (Fsp3) is 0.111. The zero-order chi connectivity index (χ0) is 19.8. The summed E-state index contributed by atoms with van der Waals surface area (Å²) < 4.78 is 40.4. The number of rotatable bonds is 4. The summed E-state index contributed by atoms with van der Waals surface area (Å²) in [6.45, 7) is -0.311. The van der Waals surface area contributed by atoms with Gasteiger partial charge in [0, 0.05) is 12.1 Å². The van der Waals surface area contributed by atoms with Crippen LogP contribution in [0, 0.1) is 10.1 Å². The molecule has 0 saturated heterocycles. The molecule has 0 spiro atoms. The van der Waals surface area contributed by atoms with Crippen molar-refractivity contribution < 1.29 is 27.7 Å². The number of hydrogen-bond acceptors (Lipinski definition) is 4. The molecule has 0 aromatic heterocycles. The van der Waals surface area contributed by atoms with Gasteiger partial charge in [-0.3, -0.25) is 24.6 Å². The topological polar surface area (TPSA) is 80.5 Å². The summed E-state index contributed by atoms with van der Waals surface area (Å²) in [5.41, 5.74) is -2.44. The van der Waals surface area contributed by atoms with Gasteiger partial charge in [0.25, 0.3) is 17.5 Å². The molecule has 1 aliphatic heterocycles. The van der Waals surface area contributed by atoms with Gasteiger partial charge in [-0.1, -0.05) is 30.3 Å². The van der Waals surface area contributed by atoms with Crippen LogP contribution in [0.3, 0.4) is 0 Å². The minimum atomic E-state index is -5.05. The Morgan fingerprint density at radius 3 is 2.04 bits per heavy atom. The Balaban J connectivity index is 2.05. The smallest absolute Gasteiger partial charge is 0.270 e. The minimum absolute atomic E-state index is 0.207. The maximum atomic E-state index is 13.5. The quantitative estimate of drug-likeness (QED) is 0.465. The molecule has 0 atom stereocenters. The highest BCUT2D eigenvalue weighted by Gasteiger charge is 2.51. The second-order valence-corrected chi connectivity index (χ2v) is 5.73. The lowest BCUT2D eigenvalue weighted by Gasteiger charge is -2.15. The van der Waals surface area contributed by atoms with E-state index in [0.717, 1.165) is 24.3 Å². The van der Waals surface area contributed by atoms with E-state index in [1.165, 1.54) is 0 Å². The second kappa shape index (κ2) is 6.67. The van der Waals surface area contributed by atoms with Gasteiger partial charge in [0.2, 0.25) is 0 Å². The Morgan fingerprint density at radius 2 is 1.52 bits per heavy atom. The molecular weight excluding hydrogens is 365 g/mol. The average Bonchev–Trinajstić information content (AvgIpc) is 2.87. The molecular formula is C18H11F3N2O4. The largest absolute Gasteiger partial charge is 0.422 e. The predicted molar refractivity (Wildman–Crippen MR) is 88.1 cm³/mol. The molecule has 0 aliphatic carbocycles. The Labute approximate surface area is 150 Å². The van der Waals surface area contributed by atoms with Crippen LogP contribution in [-0.4, -0.2) is 27.8 Å². The van der Waals surface area contributed by atoms with Crippen molar-refractivity contribution in [2.24, 2.45) is 0 Å². The summed E-state index contributed by atoms with van der Waals surface area (Å²) in [5.74, 6) is -2.53. The predicted octanol–water partition coefficient (Wildman–Crippen LogP) is 3.48. The van der Waals surface area contributed by atoms with Crippen molar-refractivity contribution in [1.29, 1.82) is 0 Å². The van der Waals surface area contributed by atoms with E-state index in [1.807, 2.05) is 0 Å². The number of halogens is 3. The van der Waals surface area contributed by atoms with Gasteiger partial charge in [-0.25, -0.2) is 0 Å². The van der Waals surface area contributed by atoms with E-state index in [9.17, 15) is 32.9 Å². The number of imide groups is 1. The van der Waals surface area contributed by atoms with Gasteiger partial charge in [0.1, 0.15) is 5.57 Å². The molecule has 27 heavy (non-hydrogen) atoms. The first kappa shape index (κ1) is 18.3. The highest BCUT2D eigenvalue weighted by atomic mass is 19.4. The van der Waals surface area contributed by atoms with E-state index in [1.54, 1.807) is 30.3 Å². The van der Waals surface area contributed by atoms with Crippen LogP contribution in [0.4, 0.5) is 18.9 Å². The third-order valence-corrected chi connectivity index (χ3v) is 4.00. The molecule has 0 radical (unpaired) electrons. The lowest BCUT2D eigenvalue weighted by Crippen LogP contribution is -2.33. The molecule has 2 amide bonds. The van der Waals surface area contributed by atoms with Gasteiger partial charge >= 0.3 is 6.18 Å². The summed E-state index contributed by atoms with van der Waals surface area (Å²) in [5, 5.41) is 10.7. The number of alkyl halides is 3. The maximum absolute atomic E-state index is 13.5. The van der Waals surface area contributed by atoms with Gasteiger partial charge in [0.05, 0.1) is 17.0 Å². The fourth-order valence-corrected chi connectivity index (χ4v) is 2.77. The number of benzene rings is 2. The number of non-ortho nitro benzene ring substituents is 1. The Bertz CT molecular complexity index is 951. The summed E-state index contributed by atoms with van der Waals surface area (Å²) in [6, 6.07) is 12.1. The molecule has 1 heterocycles. The number of nitro groups is 1. The van der Waals surface area contributed by atoms with Crippen molar-refractivity contribution in [3.8, 4) is 0 Å². The summed E-state index contributed by atoms with van der Waals surface area (Å²) in [4.78, 5) is 35.5. The zero-order valence-electron chi connectivity index (χ0n) is 13.6. The SMILES string of the molecule is O=C1C(c2ccc([N+](=O)[O-])cc2)=C(C(F)(F)F)C(=O)N1Cc1ccccc1. The van der Waals surface area contributed by atoms with Gasteiger partial charge in [-0.15, -0.1) is 0 Å². The summed E-state index contributed by atoms with van der Waals surface area (Å²) in [6.07, 6.45) is -5.05. The van der Waals surface area contributed by atoms with Gasteiger partial charge < -0.3 is 0 Å². The van der Waals surface area contributed by atoms with Crippen LogP contribution in [0.2, 0.25) is 0 Å². The molecule has 0 saturated carbocycles. The van der Waals surface area contributed by atoms with Gasteiger partial charge in [0.15, 0.2) is 0 Å². The lowest BCUT2D eigenvalue weighted by molar-refractivity contribution is -0.384. The summed E-state index contributed by atoms with van der Waals surface area (Å²) in [7, 11) is 0. The van der Waals surface area contributed by atoms with E-state index in [2.05, 4.69) is 0 Å². The Hall–Kier alpha value is -3.49. The molecule has 2 aromatic rings. The van der Waals surface area contributed by atoms with Crippen molar-refractivity contribution in [2.75, 3.05) is 0 Å². The van der Waals surface area contributed by atoms with Crippen molar-refractivity contribution in [3.63, 3.8) is 0 Å². The van der Waals surface area contributed by atoms with Crippen LogP contribution >= 0.6 is 0 Å². The molecule has 138 valence electrons. The highest BCUT2D eigenvalue weighted by molar-refractivity contribution is 6.36. The highest BCUT2D eigenvalue weighted by Crippen LogP contribution is 2.40. The molecule has 3 rings (SSSR count). The normalized spacial score (nSPS) is 14.9. The van der Waals surface area contributed by atoms with E-state index in [4.69, 9.17) is 0 Å². The van der Waals surface area contributed by atoms with Crippen LogP contribution in [0.25, 0.3) is 5.57 Å². The van der Waals surface area contributed by atoms with Crippen LogP contribution < -0.4 is 0 Å². The number of amides is 2. The van der Waals surface area contributed by atoms with E-state index in [0.29, 0.717) is 10.5 Å². The monoisotopic (exact) mass is 376 g/mol. The number of nitrogens with zero attached hydrogens (tertiary/aromatic N) is 2. The number of carbonyl (C=O) groups is 2. The Kier molecular flexibility index (Phi) is 4.52. The van der Waals surface area contributed by atoms with Crippen LogP contribution in [0.5, 0.6) is 0 Å². The first-order valence-corrected chi connectivity index (χ1v) is 7.66. The molecule has 0 bridgehead atoms. The molecule has 1 aliphatic rings. The first-order chi connectivity index (χ1) is 12.7. The zero-order valence-corrected chi connectivity index (χ0v) is 13.6. The van der Waals surface area contributed by atoms with Crippen LogP contribution in [-0.2, 0) is 16.1 Å². The first-order valence-electron chi connectivity index (χ1n) is 7.66. The van der Waals surface area contributed by atoms with Crippen molar-refractivity contribution >= 4 is 23.1 Å². The van der Waals surface area contributed by atoms with Crippen molar-refractivity contribution in [1.82, 2.24) is 4.90 Å². The third kappa shape index (κ3) is 3.43. The molecule has 0 unspecified atom stereocenters. The Morgan fingerprint density at radius 1 is 0.926 bits per heavy atom. The molecule has 6 nitrogen and oxygen atoms in total. The van der Waals surface area contributed by atoms with Gasteiger partial charge in [-0.05, 0) is 23.3 Å². The number of nitro benzene ring substituents is 1. The van der Waals surface area contributed by atoms with Gasteiger partial charge in [-0.2, -0.15) is 13.2 Å². The molecule has 0 N–H and O–H groups in total. The molecule has 2 aromatic carbocycles. The minimum Gasteiger partial charge on any atom is -0.270 e. The number of carbonyl (C=O) groups excluding carboxylic acids is 2. The molecule has 0 fully saturated rings. The van der Waals surface area contributed by atoms with Crippen molar-refractivity contribution in [2.45, 2.75) is 12.7 Å². The number of hydrogen-bond donors (Lipinski definition) is 0. The fourth-order valence-electron chi connectivity index (χ4n) is 2.77. The van der Waals surface area contributed by atoms with Crippen LogP contribution in [0.1, 0.15) is 11.1 Å². The van der Waals surface area contributed by atoms with E-state index in [-0.39, 0.29) is 17.8 Å². The van der Waals surface area contributed by atoms with Crippen molar-refractivity contribution in [3.05, 3.63) is 81.4 Å².